The topological polar surface area (TPSA) is 49.7 Å². The van der Waals surface area contributed by atoms with E-state index in [1.54, 1.807) is 24.3 Å². The molecule has 0 fully saturated rings. The summed E-state index contributed by atoms with van der Waals surface area (Å²) in [5, 5.41) is 11.3. The first-order valence-corrected chi connectivity index (χ1v) is 4.53. The predicted molar refractivity (Wildman–Crippen MR) is 58.1 cm³/mol. The molecule has 0 heterocycles. The summed E-state index contributed by atoms with van der Waals surface area (Å²) in [5.41, 5.74) is 1.33. The molecule has 0 aromatic heterocycles. The first kappa shape index (κ1) is 9.44. The lowest BCUT2D eigenvalue weighted by molar-refractivity contribution is 0.477. The quantitative estimate of drug-likeness (QED) is 0.567. The van der Waals surface area contributed by atoms with Gasteiger partial charge in [-0.2, -0.15) is 4.99 Å². The van der Waals surface area contributed by atoms with Crippen molar-refractivity contribution in [2.75, 3.05) is 0 Å². The Kier molecular flexibility index (Phi) is 2.24. The highest BCUT2D eigenvalue weighted by molar-refractivity contribution is 5.97. The lowest BCUT2D eigenvalue weighted by Gasteiger charge is -2.05. The SMILES string of the molecule is Cc1ccc2c(N=C=O)cccc2c1O. The van der Waals surface area contributed by atoms with Gasteiger partial charge in [0.25, 0.3) is 0 Å². The van der Waals surface area contributed by atoms with Gasteiger partial charge in [-0.3, -0.25) is 0 Å². The number of benzene rings is 2. The highest BCUT2D eigenvalue weighted by Gasteiger charge is 2.05. The second-order valence-corrected chi connectivity index (χ2v) is 3.31. The van der Waals surface area contributed by atoms with Crippen LogP contribution in [0.15, 0.2) is 35.3 Å². The molecule has 1 N–H and O–H groups in total. The molecule has 0 saturated carbocycles. The summed E-state index contributed by atoms with van der Waals surface area (Å²) in [6.07, 6.45) is 1.50. The molecule has 0 aliphatic rings. The molecular formula is C12H9NO2. The number of nitrogens with zero attached hydrogens (tertiary/aromatic N) is 1. The zero-order valence-electron chi connectivity index (χ0n) is 8.19. The minimum Gasteiger partial charge on any atom is -0.507 e. The van der Waals surface area contributed by atoms with Crippen LogP contribution < -0.4 is 0 Å². The van der Waals surface area contributed by atoms with E-state index in [0.29, 0.717) is 11.1 Å². The lowest BCUT2D eigenvalue weighted by atomic mass is 10.0. The fourth-order valence-corrected chi connectivity index (χ4v) is 1.58. The number of hydrogen-bond donors (Lipinski definition) is 1. The maximum absolute atomic E-state index is 10.2. The number of aliphatic imine (C=N–C) groups is 1. The van der Waals surface area contributed by atoms with Gasteiger partial charge in [0.15, 0.2) is 0 Å². The maximum atomic E-state index is 10.2. The van der Waals surface area contributed by atoms with Gasteiger partial charge in [-0.05, 0) is 18.6 Å². The van der Waals surface area contributed by atoms with Crippen molar-refractivity contribution in [3.8, 4) is 5.75 Å². The number of aromatic hydroxyl groups is 1. The first-order chi connectivity index (χ1) is 7.24. The van der Waals surface area contributed by atoms with Gasteiger partial charge in [0.05, 0.1) is 5.69 Å². The fourth-order valence-electron chi connectivity index (χ4n) is 1.58. The summed E-state index contributed by atoms with van der Waals surface area (Å²) < 4.78 is 0. The average molecular weight is 199 g/mol. The van der Waals surface area contributed by atoms with E-state index in [2.05, 4.69) is 4.99 Å². The van der Waals surface area contributed by atoms with Gasteiger partial charge in [-0.15, -0.1) is 0 Å². The van der Waals surface area contributed by atoms with E-state index in [1.807, 2.05) is 13.0 Å². The molecule has 2 rings (SSSR count). The first-order valence-electron chi connectivity index (χ1n) is 4.53. The number of phenols is 1. The van der Waals surface area contributed by atoms with Crippen molar-refractivity contribution in [2.45, 2.75) is 6.92 Å². The number of isocyanates is 1. The molecule has 0 amide bonds. The lowest BCUT2D eigenvalue weighted by Crippen LogP contribution is -1.79. The van der Waals surface area contributed by atoms with E-state index >= 15 is 0 Å². The molecule has 3 heteroatoms. The van der Waals surface area contributed by atoms with Gasteiger partial charge in [-0.1, -0.05) is 24.3 Å². The van der Waals surface area contributed by atoms with Crippen LogP contribution >= 0.6 is 0 Å². The van der Waals surface area contributed by atoms with Gasteiger partial charge in [-0.25, -0.2) is 4.79 Å². The largest absolute Gasteiger partial charge is 0.507 e. The van der Waals surface area contributed by atoms with Crippen LogP contribution in [-0.2, 0) is 4.79 Å². The highest BCUT2D eigenvalue weighted by atomic mass is 16.3. The maximum Gasteiger partial charge on any atom is 0.240 e. The van der Waals surface area contributed by atoms with Crippen molar-refractivity contribution >= 4 is 22.5 Å². The molecule has 74 valence electrons. The summed E-state index contributed by atoms with van der Waals surface area (Å²) in [6.45, 7) is 1.82. The third kappa shape index (κ3) is 1.49. The molecule has 0 radical (unpaired) electrons. The molecule has 0 aliphatic heterocycles. The molecule has 0 aliphatic carbocycles. The van der Waals surface area contributed by atoms with E-state index in [-0.39, 0.29) is 5.75 Å². The smallest absolute Gasteiger partial charge is 0.240 e. The number of carbonyl (C=O) groups excluding carboxylic acids is 1. The molecule has 2 aromatic carbocycles. The van der Waals surface area contributed by atoms with Gasteiger partial charge in [0.2, 0.25) is 6.08 Å². The van der Waals surface area contributed by atoms with Crippen molar-refractivity contribution in [1.82, 2.24) is 0 Å². The van der Waals surface area contributed by atoms with Crippen molar-refractivity contribution in [3.05, 3.63) is 35.9 Å². The molecule has 0 bridgehead atoms. The van der Waals surface area contributed by atoms with Crippen LogP contribution in [0.4, 0.5) is 5.69 Å². The molecule has 0 atom stereocenters. The molecular weight excluding hydrogens is 190 g/mol. The highest BCUT2D eigenvalue weighted by Crippen LogP contribution is 2.33. The van der Waals surface area contributed by atoms with Gasteiger partial charge in [0, 0.05) is 10.8 Å². The van der Waals surface area contributed by atoms with Crippen molar-refractivity contribution < 1.29 is 9.90 Å². The number of hydrogen-bond acceptors (Lipinski definition) is 3. The second-order valence-electron chi connectivity index (χ2n) is 3.31. The average Bonchev–Trinajstić information content (AvgIpc) is 2.25. The summed E-state index contributed by atoms with van der Waals surface area (Å²) in [5.74, 6) is 0.232. The Morgan fingerprint density at radius 1 is 1.20 bits per heavy atom. The Hall–Kier alpha value is -2.12. The molecule has 3 nitrogen and oxygen atoms in total. The van der Waals surface area contributed by atoms with Crippen molar-refractivity contribution in [3.63, 3.8) is 0 Å². The van der Waals surface area contributed by atoms with Crippen LogP contribution in [0, 0.1) is 6.92 Å². The van der Waals surface area contributed by atoms with Crippen LogP contribution in [0.5, 0.6) is 5.75 Å². The molecule has 15 heavy (non-hydrogen) atoms. The van der Waals surface area contributed by atoms with E-state index in [0.717, 1.165) is 10.9 Å². The minimum atomic E-state index is 0.232. The Labute approximate surface area is 86.7 Å². The molecule has 0 unspecified atom stereocenters. The van der Waals surface area contributed by atoms with Crippen LogP contribution in [0.25, 0.3) is 10.8 Å². The number of aryl methyl sites for hydroxylation is 1. The number of phenolic OH excluding ortho intramolecular Hbond substituents is 1. The zero-order valence-corrected chi connectivity index (χ0v) is 8.19. The molecule has 0 saturated heterocycles. The van der Waals surface area contributed by atoms with Crippen LogP contribution in [-0.4, -0.2) is 11.2 Å². The summed E-state index contributed by atoms with van der Waals surface area (Å²) in [7, 11) is 0. The Morgan fingerprint density at radius 2 is 2.00 bits per heavy atom. The predicted octanol–water partition coefficient (Wildman–Crippen LogP) is 2.82. The summed E-state index contributed by atoms with van der Waals surface area (Å²) >= 11 is 0. The fraction of sp³-hybridized carbons (Fsp3) is 0.0833. The van der Waals surface area contributed by atoms with Gasteiger partial charge in [0.1, 0.15) is 5.75 Å². The van der Waals surface area contributed by atoms with E-state index in [9.17, 15) is 9.90 Å². The molecule has 0 spiro atoms. The number of fused-ring (bicyclic) bond motifs is 1. The van der Waals surface area contributed by atoms with E-state index in [4.69, 9.17) is 0 Å². The van der Waals surface area contributed by atoms with E-state index in [1.165, 1.54) is 6.08 Å². The van der Waals surface area contributed by atoms with Crippen LogP contribution in [0.2, 0.25) is 0 Å². The van der Waals surface area contributed by atoms with Gasteiger partial charge < -0.3 is 5.11 Å². The molecule has 2 aromatic rings. The minimum absolute atomic E-state index is 0.232. The Bertz CT molecular complexity index is 569. The zero-order chi connectivity index (χ0) is 10.8. The summed E-state index contributed by atoms with van der Waals surface area (Å²) in [6, 6.07) is 8.88. The van der Waals surface area contributed by atoms with E-state index < -0.39 is 0 Å². The van der Waals surface area contributed by atoms with Crippen molar-refractivity contribution in [1.29, 1.82) is 0 Å². The van der Waals surface area contributed by atoms with Crippen molar-refractivity contribution in [2.24, 2.45) is 4.99 Å². The third-order valence-corrected chi connectivity index (χ3v) is 2.38. The number of rotatable bonds is 1. The van der Waals surface area contributed by atoms with Crippen LogP contribution in [0.3, 0.4) is 0 Å². The van der Waals surface area contributed by atoms with Crippen LogP contribution in [0.1, 0.15) is 5.56 Å². The Morgan fingerprint density at radius 3 is 2.73 bits per heavy atom. The normalized spacial score (nSPS) is 9.93. The standard InChI is InChI=1S/C12H9NO2/c1-8-5-6-9-10(12(8)15)3-2-4-11(9)13-7-14/h2-6,15H,1H3. The Balaban J connectivity index is 2.89. The summed E-state index contributed by atoms with van der Waals surface area (Å²) in [4.78, 5) is 13.8. The monoisotopic (exact) mass is 199 g/mol. The second kappa shape index (κ2) is 3.56. The third-order valence-electron chi connectivity index (χ3n) is 2.38. The van der Waals surface area contributed by atoms with Gasteiger partial charge >= 0.3 is 0 Å².